The summed E-state index contributed by atoms with van der Waals surface area (Å²) in [6.45, 7) is 3.88. The monoisotopic (exact) mass is 533 g/mol. The van der Waals surface area contributed by atoms with Crippen LogP contribution in [0.2, 0.25) is 0 Å². The fourth-order valence-electron chi connectivity index (χ4n) is 4.45. The lowest BCUT2D eigenvalue weighted by Gasteiger charge is -2.22. The van der Waals surface area contributed by atoms with Gasteiger partial charge in [0.05, 0.1) is 28.7 Å². The summed E-state index contributed by atoms with van der Waals surface area (Å²) in [7, 11) is -0.983. The van der Waals surface area contributed by atoms with E-state index in [0.717, 1.165) is 22.6 Å². The normalized spacial score (nSPS) is 15.9. The second-order valence-electron chi connectivity index (χ2n) is 9.26. The quantitative estimate of drug-likeness (QED) is 0.278. The van der Waals surface area contributed by atoms with Crippen LogP contribution in [-0.4, -0.2) is 41.9 Å². The lowest BCUT2D eigenvalue weighted by atomic mass is 9.87. The van der Waals surface area contributed by atoms with Gasteiger partial charge in [0.2, 0.25) is 0 Å². The average molecular weight is 534 g/mol. The number of anilines is 3. The van der Waals surface area contributed by atoms with Crippen molar-refractivity contribution in [1.82, 2.24) is 15.0 Å². The number of nitrogens with zero attached hydrogens (tertiary/aromatic N) is 2. The number of carbonyl (C=O) groups is 2. The van der Waals surface area contributed by atoms with Gasteiger partial charge in [-0.1, -0.05) is 32.0 Å². The standard InChI is InChI=1S/C27H27N5O3S2/c1-16(2)37(35)14-17-10-20-24(21(33)11-17)26(30-19-6-4-3-5-7-19)25(31-20)18-8-9-29-23(12-18)32-27(34)22-13-28-15-36-22/h3-9,12-13,15-17,30-31H,10-11,14H2,1-2H3,(H,29,32,34). The first-order valence-corrected chi connectivity index (χ1v) is 14.3. The lowest BCUT2D eigenvalue weighted by Crippen LogP contribution is -2.26. The number of thiazole rings is 1. The number of pyridine rings is 1. The van der Waals surface area contributed by atoms with E-state index in [-0.39, 0.29) is 22.9 Å². The van der Waals surface area contributed by atoms with E-state index in [1.54, 1.807) is 17.8 Å². The van der Waals surface area contributed by atoms with E-state index in [2.05, 4.69) is 25.6 Å². The van der Waals surface area contributed by atoms with Crippen molar-refractivity contribution in [1.29, 1.82) is 0 Å². The molecule has 190 valence electrons. The SMILES string of the molecule is CC(C)S(=O)CC1CC(=O)c2c([nH]c(-c3ccnc(NC(=O)c4cncs4)c3)c2Nc2ccccc2)C1. The molecule has 4 aromatic rings. The van der Waals surface area contributed by atoms with Gasteiger partial charge in [0.1, 0.15) is 10.7 Å². The van der Waals surface area contributed by atoms with Crippen LogP contribution in [0.1, 0.15) is 46.0 Å². The zero-order chi connectivity index (χ0) is 25.9. The molecule has 2 unspecified atom stereocenters. The van der Waals surface area contributed by atoms with Crippen molar-refractivity contribution in [2.24, 2.45) is 5.92 Å². The molecule has 1 aliphatic rings. The van der Waals surface area contributed by atoms with Gasteiger partial charge >= 0.3 is 0 Å². The van der Waals surface area contributed by atoms with E-state index in [0.29, 0.717) is 40.5 Å². The van der Waals surface area contributed by atoms with E-state index in [9.17, 15) is 13.8 Å². The molecule has 3 N–H and O–H groups in total. The number of hydrogen-bond acceptors (Lipinski definition) is 7. The highest BCUT2D eigenvalue weighted by atomic mass is 32.2. The minimum atomic E-state index is -0.983. The summed E-state index contributed by atoms with van der Waals surface area (Å²) in [6.07, 6.45) is 4.14. The highest BCUT2D eigenvalue weighted by Gasteiger charge is 2.33. The van der Waals surface area contributed by atoms with Gasteiger partial charge in [-0.3, -0.25) is 18.8 Å². The molecule has 1 aliphatic carbocycles. The van der Waals surface area contributed by atoms with Crippen molar-refractivity contribution >= 4 is 51.0 Å². The molecule has 0 saturated heterocycles. The van der Waals surface area contributed by atoms with Crippen molar-refractivity contribution in [2.75, 3.05) is 16.4 Å². The molecule has 5 rings (SSSR count). The fraction of sp³-hybridized carbons (Fsp3) is 0.259. The second kappa shape index (κ2) is 10.8. The van der Waals surface area contributed by atoms with Crippen LogP contribution < -0.4 is 10.6 Å². The van der Waals surface area contributed by atoms with Crippen molar-refractivity contribution in [3.63, 3.8) is 0 Å². The first-order valence-electron chi connectivity index (χ1n) is 12.0. The Kier molecular flexibility index (Phi) is 7.29. The van der Waals surface area contributed by atoms with Crippen molar-refractivity contribution in [3.05, 3.63) is 76.5 Å². The molecule has 37 heavy (non-hydrogen) atoms. The van der Waals surface area contributed by atoms with Crippen LogP contribution in [-0.2, 0) is 17.2 Å². The number of aromatic amines is 1. The highest BCUT2D eigenvalue weighted by Crippen LogP contribution is 2.40. The van der Waals surface area contributed by atoms with Crippen molar-refractivity contribution in [2.45, 2.75) is 31.9 Å². The van der Waals surface area contributed by atoms with Gasteiger partial charge in [-0.15, -0.1) is 11.3 Å². The molecular formula is C27H27N5O3S2. The Morgan fingerprint density at radius 3 is 2.76 bits per heavy atom. The van der Waals surface area contributed by atoms with Crippen LogP contribution in [0, 0.1) is 5.92 Å². The number of carbonyl (C=O) groups excluding carboxylic acids is 2. The summed E-state index contributed by atoms with van der Waals surface area (Å²) in [6, 6.07) is 13.3. The highest BCUT2D eigenvalue weighted by molar-refractivity contribution is 7.85. The summed E-state index contributed by atoms with van der Waals surface area (Å²) in [5, 5.41) is 6.32. The summed E-state index contributed by atoms with van der Waals surface area (Å²) in [5.74, 6) is 0.663. The van der Waals surface area contributed by atoms with Gasteiger partial charge in [0, 0.05) is 51.4 Å². The number of ketones is 1. The van der Waals surface area contributed by atoms with Crippen LogP contribution in [0.25, 0.3) is 11.3 Å². The maximum absolute atomic E-state index is 13.4. The molecule has 0 saturated carbocycles. The smallest absolute Gasteiger partial charge is 0.268 e. The zero-order valence-electron chi connectivity index (χ0n) is 20.5. The maximum atomic E-state index is 13.4. The second-order valence-corrected chi connectivity index (χ2v) is 12.2. The van der Waals surface area contributed by atoms with Gasteiger partial charge < -0.3 is 15.6 Å². The van der Waals surface area contributed by atoms with Gasteiger partial charge in [-0.2, -0.15) is 0 Å². The molecular weight excluding hydrogens is 506 g/mol. The third-order valence-electron chi connectivity index (χ3n) is 6.24. The Labute approximate surface area is 221 Å². The molecule has 1 aromatic carbocycles. The number of H-pyrrole nitrogens is 1. The molecule has 2 atom stereocenters. The van der Waals surface area contributed by atoms with Gasteiger partial charge in [-0.05, 0) is 36.6 Å². The van der Waals surface area contributed by atoms with E-state index >= 15 is 0 Å². The first kappa shape index (κ1) is 25.0. The molecule has 10 heteroatoms. The Morgan fingerprint density at radius 2 is 2.03 bits per heavy atom. The van der Waals surface area contributed by atoms with E-state index < -0.39 is 10.8 Å². The molecule has 0 fully saturated rings. The van der Waals surface area contributed by atoms with E-state index in [1.807, 2.05) is 50.2 Å². The van der Waals surface area contributed by atoms with Crippen molar-refractivity contribution < 1.29 is 13.8 Å². The minimum Gasteiger partial charge on any atom is -0.356 e. The number of para-hydroxylation sites is 1. The minimum absolute atomic E-state index is 0.0194. The molecule has 0 bridgehead atoms. The molecule has 0 aliphatic heterocycles. The predicted molar refractivity (Wildman–Crippen MR) is 148 cm³/mol. The number of hydrogen-bond donors (Lipinski definition) is 3. The van der Waals surface area contributed by atoms with Crippen LogP contribution >= 0.6 is 11.3 Å². The Morgan fingerprint density at radius 1 is 1.22 bits per heavy atom. The number of rotatable bonds is 8. The van der Waals surface area contributed by atoms with Gasteiger partial charge in [0.25, 0.3) is 5.91 Å². The lowest BCUT2D eigenvalue weighted by molar-refractivity contribution is 0.0954. The number of benzene rings is 1. The average Bonchev–Trinajstić information content (AvgIpc) is 3.54. The Bertz CT molecular complexity index is 1450. The van der Waals surface area contributed by atoms with E-state index in [1.165, 1.54) is 17.5 Å². The van der Waals surface area contributed by atoms with Crippen LogP contribution in [0.3, 0.4) is 0 Å². The molecule has 3 heterocycles. The Hall–Kier alpha value is -3.63. The largest absolute Gasteiger partial charge is 0.356 e. The molecule has 8 nitrogen and oxygen atoms in total. The number of Topliss-reactive ketones (excluding diaryl/α,β-unsaturated/α-hetero) is 1. The molecule has 3 aromatic heterocycles. The van der Waals surface area contributed by atoms with E-state index in [4.69, 9.17) is 0 Å². The number of fused-ring (bicyclic) bond motifs is 1. The third kappa shape index (κ3) is 5.55. The van der Waals surface area contributed by atoms with Crippen molar-refractivity contribution in [3.8, 4) is 11.3 Å². The fourth-order valence-corrected chi connectivity index (χ4v) is 6.05. The predicted octanol–water partition coefficient (Wildman–Crippen LogP) is 5.43. The maximum Gasteiger partial charge on any atom is 0.268 e. The Balaban J connectivity index is 1.51. The summed E-state index contributed by atoms with van der Waals surface area (Å²) < 4.78 is 12.5. The van der Waals surface area contributed by atoms with Crippen LogP contribution in [0.4, 0.5) is 17.2 Å². The molecule has 0 spiro atoms. The molecule has 0 radical (unpaired) electrons. The first-order chi connectivity index (χ1) is 17.9. The van der Waals surface area contributed by atoms with Crippen LogP contribution in [0.5, 0.6) is 0 Å². The summed E-state index contributed by atoms with van der Waals surface area (Å²) in [5.41, 5.74) is 6.14. The van der Waals surface area contributed by atoms with Crippen LogP contribution in [0.15, 0.2) is 60.4 Å². The third-order valence-corrected chi connectivity index (χ3v) is 8.86. The topological polar surface area (TPSA) is 117 Å². The van der Waals surface area contributed by atoms with Gasteiger partial charge in [0.15, 0.2) is 5.78 Å². The summed E-state index contributed by atoms with van der Waals surface area (Å²) >= 11 is 1.25. The summed E-state index contributed by atoms with van der Waals surface area (Å²) in [4.78, 5) is 38.2. The number of amides is 1. The van der Waals surface area contributed by atoms with Gasteiger partial charge in [-0.25, -0.2) is 4.98 Å². The number of aromatic nitrogens is 3. The number of nitrogens with one attached hydrogen (secondary N) is 3. The molecule has 1 amide bonds. The zero-order valence-corrected chi connectivity index (χ0v) is 22.1.